The third-order valence-electron chi connectivity index (χ3n) is 7.91. The van der Waals surface area contributed by atoms with Crippen LogP contribution in [-0.2, 0) is 20.8 Å². The first-order valence-corrected chi connectivity index (χ1v) is 12.7. The van der Waals surface area contributed by atoms with Crippen LogP contribution >= 0.6 is 0 Å². The van der Waals surface area contributed by atoms with Gasteiger partial charge in [0, 0.05) is 0 Å². The molecule has 2 aromatic rings. The Balaban J connectivity index is 1.39. The molecule has 5 rings (SSSR count). The van der Waals surface area contributed by atoms with Crippen molar-refractivity contribution >= 4 is 17.7 Å². The second-order valence-corrected chi connectivity index (χ2v) is 9.97. The minimum atomic E-state index is -0.500. The van der Waals surface area contributed by atoms with Crippen LogP contribution in [-0.4, -0.2) is 41.8 Å². The predicted molar refractivity (Wildman–Crippen MR) is 133 cm³/mol. The second-order valence-electron chi connectivity index (χ2n) is 9.97. The van der Waals surface area contributed by atoms with Gasteiger partial charge in [-0.1, -0.05) is 48.5 Å². The number of benzene rings is 2. The number of likely N-dealkylation sites (N-methyl/N-ethyl adjacent to an activating group) is 1. The minimum absolute atomic E-state index is 0.0177. The Labute approximate surface area is 206 Å². The Hall–Kier alpha value is -3.19. The van der Waals surface area contributed by atoms with Gasteiger partial charge in [-0.25, -0.2) is 0 Å². The molecule has 0 unspecified atom stereocenters. The number of fused-ring (bicyclic) bond motifs is 4. The second kappa shape index (κ2) is 9.82. The van der Waals surface area contributed by atoms with Crippen molar-refractivity contribution in [2.75, 3.05) is 7.05 Å². The highest BCUT2D eigenvalue weighted by Gasteiger charge is 2.45. The van der Waals surface area contributed by atoms with Crippen LogP contribution in [0.2, 0.25) is 0 Å². The average Bonchev–Trinajstić information content (AvgIpc) is 3.29. The molecule has 0 radical (unpaired) electrons. The number of amides is 3. The molecule has 1 fully saturated rings. The summed E-state index contributed by atoms with van der Waals surface area (Å²) in [6, 6.07) is 14.8. The zero-order chi connectivity index (χ0) is 24.5. The SMILES string of the molecule is CN[C@@H](C)C(=O)N[C@@H]1CC(=O)N2[C@H](CC[C@H]2C(=O)N[C@@H]2CCCc3ccccc32)c2ccccc21. The zero-order valence-electron chi connectivity index (χ0n) is 20.4. The number of hydrogen-bond acceptors (Lipinski definition) is 4. The first kappa shape index (κ1) is 23.5. The van der Waals surface area contributed by atoms with Gasteiger partial charge in [0.25, 0.3) is 0 Å². The third-order valence-corrected chi connectivity index (χ3v) is 7.91. The van der Waals surface area contributed by atoms with Crippen molar-refractivity contribution < 1.29 is 14.4 Å². The molecular formula is C28H34N4O3. The lowest BCUT2D eigenvalue weighted by atomic mass is 9.87. The van der Waals surface area contributed by atoms with Crippen molar-refractivity contribution in [2.45, 2.75) is 75.7 Å². The van der Waals surface area contributed by atoms with Crippen LogP contribution < -0.4 is 16.0 Å². The first-order chi connectivity index (χ1) is 17.0. The summed E-state index contributed by atoms with van der Waals surface area (Å²) in [7, 11) is 1.74. The normalized spacial score (nSPS) is 26.1. The van der Waals surface area contributed by atoms with Gasteiger partial charge >= 0.3 is 0 Å². The Morgan fingerprint density at radius 3 is 2.40 bits per heavy atom. The van der Waals surface area contributed by atoms with Crippen LogP contribution in [0.1, 0.15) is 79.4 Å². The topological polar surface area (TPSA) is 90.5 Å². The van der Waals surface area contributed by atoms with Crippen LogP contribution in [0.25, 0.3) is 0 Å². The van der Waals surface area contributed by atoms with Gasteiger partial charge in [0.1, 0.15) is 6.04 Å². The standard InChI is InChI=1S/C28H34N4O3/c1-17(29-2)27(34)31-23-16-26(33)32-24(21-12-6-5-11-20(21)23)14-15-25(32)28(35)30-22-13-7-9-18-8-3-4-10-19(18)22/h3-6,8,10-12,17,22-25,29H,7,9,13-16H2,1-2H3,(H,30,35)(H,31,34)/t17-,22+,23+,24+,25-/m0/s1. The molecule has 3 amide bonds. The minimum Gasteiger partial charge on any atom is -0.347 e. The van der Waals surface area contributed by atoms with E-state index < -0.39 is 12.1 Å². The van der Waals surface area contributed by atoms with E-state index in [4.69, 9.17) is 0 Å². The first-order valence-electron chi connectivity index (χ1n) is 12.7. The Morgan fingerprint density at radius 2 is 1.63 bits per heavy atom. The van der Waals surface area contributed by atoms with Crippen LogP contribution in [0.5, 0.6) is 0 Å². The summed E-state index contributed by atoms with van der Waals surface area (Å²) in [5, 5.41) is 9.28. The van der Waals surface area contributed by atoms with Crippen LogP contribution in [0, 0.1) is 0 Å². The highest BCUT2D eigenvalue weighted by Crippen LogP contribution is 2.43. The van der Waals surface area contributed by atoms with Crippen molar-refractivity contribution in [2.24, 2.45) is 0 Å². The number of carbonyl (C=O) groups is 3. The van der Waals surface area contributed by atoms with E-state index in [1.165, 1.54) is 11.1 Å². The molecule has 5 atom stereocenters. The average molecular weight is 475 g/mol. The van der Waals surface area contributed by atoms with Gasteiger partial charge in [-0.05, 0) is 68.3 Å². The van der Waals surface area contributed by atoms with Gasteiger partial charge in [-0.2, -0.15) is 0 Å². The van der Waals surface area contributed by atoms with Gasteiger partial charge in [-0.3, -0.25) is 14.4 Å². The van der Waals surface area contributed by atoms with Crippen molar-refractivity contribution in [3.05, 3.63) is 70.8 Å². The zero-order valence-corrected chi connectivity index (χ0v) is 20.4. The monoisotopic (exact) mass is 474 g/mol. The van der Waals surface area contributed by atoms with Crippen molar-refractivity contribution in [1.82, 2.24) is 20.9 Å². The molecule has 0 saturated carbocycles. The molecule has 7 heteroatoms. The molecule has 2 aliphatic heterocycles. The predicted octanol–water partition coefficient (Wildman–Crippen LogP) is 3.08. The fraction of sp³-hybridized carbons (Fsp3) is 0.464. The van der Waals surface area contributed by atoms with Crippen LogP contribution in [0.3, 0.4) is 0 Å². The van der Waals surface area contributed by atoms with Crippen LogP contribution in [0.15, 0.2) is 48.5 Å². The largest absolute Gasteiger partial charge is 0.347 e. The maximum atomic E-state index is 13.6. The van der Waals surface area contributed by atoms with E-state index >= 15 is 0 Å². The van der Waals surface area contributed by atoms with Crippen molar-refractivity contribution in [1.29, 1.82) is 0 Å². The van der Waals surface area contributed by atoms with Crippen LogP contribution in [0.4, 0.5) is 0 Å². The highest BCUT2D eigenvalue weighted by atomic mass is 16.2. The van der Waals surface area contributed by atoms with Gasteiger partial charge in [0.05, 0.1) is 30.6 Å². The summed E-state index contributed by atoms with van der Waals surface area (Å²) in [6.07, 6.45) is 4.50. The summed E-state index contributed by atoms with van der Waals surface area (Å²) in [6.45, 7) is 1.79. The Bertz CT molecular complexity index is 1130. The van der Waals surface area contributed by atoms with Gasteiger partial charge in [0.2, 0.25) is 17.7 Å². The molecule has 1 aliphatic carbocycles. The molecule has 2 aromatic carbocycles. The Kier molecular flexibility index (Phi) is 6.60. The van der Waals surface area contributed by atoms with E-state index in [0.717, 1.165) is 36.8 Å². The molecule has 1 saturated heterocycles. The third kappa shape index (κ3) is 4.45. The molecule has 184 valence electrons. The van der Waals surface area contributed by atoms with E-state index in [1.807, 2.05) is 36.4 Å². The Morgan fingerprint density at radius 1 is 0.914 bits per heavy atom. The quantitative estimate of drug-likeness (QED) is 0.621. The van der Waals surface area contributed by atoms with Crippen molar-refractivity contribution in [3.8, 4) is 0 Å². The summed E-state index contributed by atoms with van der Waals surface area (Å²) in [4.78, 5) is 41.6. The number of hydrogen-bond donors (Lipinski definition) is 3. The number of carbonyl (C=O) groups excluding carboxylic acids is 3. The molecule has 2 heterocycles. The molecule has 35 heavy (non-hydrogen) atoms. The van der Waals surface area contributed by atoms with Gasteiger partial charge in [-0.15, -0.1) is 0 Å². The smallest absolute Gasteiger partial charge is 0.243 e. The number of nitrogens with one attached hydrogen (secondary N) is 3. The summed E-state index contributed by atoms with van der Waals surface area (Å²) < 4.78 is 0. The lowest BCUT2D eigenvalue weighted by molar-refractivity contribution is -0.141. The fourth-order valence-electron chi connectivity index (χ4n) is 5.97. The van der Waals surface area contributed by atoms with Gasteiger partial charge in [0.15, 0.2) is 0 Å². The van der Waals surface area contributed by atoms with Crippen molar-refractivity contribution in [3.63, 3.8) is 0 Å². The van der Waals surface area contributed by atoms with E-state index in [-0.39, 0.29) is 42.3 Å². The molecule has 7 nitrogen and oxygen atoms in total. The molecule has 3 aliphatic rings. The molecule has 0 spiro atoms. The van der Waals surface area contributed by atoms with Gasteiger partial charge < -0.3 is 20.9 Å². The van der Waals surface area contributed by atoms with E-state index in [1.54, 1.807) is 18.9 Å². The molecular weight excluding hydrogens is 440 g/mol. The maximum Gasteiger partial charge on any atom is 0.243 e. The van der Waals surface area contributed by atoms with E-state index in [9.17, 15) is 14.4 Å². The molecule has 0 bridgehead atoms. The molecule has 3 N–H and O–H groups in total. The lowest BCUT2D eigenvalue weighted by Gasteiger charge is -2.32. The highest BCUT2D eigenvalue weighted by molar-refractivity contribution is 5.90. The number of nitrogens with zero attached hydrogens (tertiary/aromatic N) is 1. The molecule has 0 aromatic heterocycles. The maximum absolute atomic E-state index is 13.6. The van der Waals surface area contributed by atoms with E-state index in [0.29, 0.717) is 6.42 Å². The summed E-state index contributed by atoms with van der Waals surface area (Å²) >= 11 is 0. The summed E-state index contributed by atoms with van der Waals surface area (Å²) in [5.74, 6) is -0.311. The summed E-state index contributed by atoms with van der Waals surface area (Å²) in [5.41, 5.74) is 4.48. The van der Waals surface area contributed by atoms with E-state index in [2.05, 4.69) is 28.1 Å². The lowest BCUT2D eigenvalue weighted by Crippen LogP contribution is -2.48. The fourth-order valence-corrected chi connectivity index (χ4v) is 5.97. The number of rotatable bonds is 5. The number of aryl methyl sites for hydroxylation is 1.